The topological polar surface area (TPSA) is 160 Å². The summed E-state index contributed by atoms with van der Waals surface area (Å²) in [5, 5.41) is 2.79. The summed E-state index contributed by atoms with van der Waals surface area (Å²) in [7, 11) is 0. The average Bonchev–Trinajstić information content (AvgIpc) is 3.79. The largest absolute Gasteiger partial charge is 0.489 e. The van der Waals surface area contributed by atoms with Gasteiger partial charge in [-0.2, -0.15) is 0 Å². The van der Waals surface area contributed by atoms with E-state index in [2.05, 4.69) is 52.1 Å². The Morgan fingerprint density at radius 1 is 0.689 bits per heavy atom. The molecule has 4 aromatic carbocycles. The molecular weight excluding hydrogens is 830 g/mol. The molecule has 0 saturated heterocycles. The Morgan fingerprint density at radius 3 is 1.66 bits per heavy atom. The fourth-order valence-electron chi connectivity index (χ4n) is 7.85. The number of carbonyl (C=O) groups is 1. The molecule has 0 spiro atoms. The predicted molar refractivity (Wildman–Crippen MR) is 242 cm³/mol. The van der Waals surface area contributed by atoms with Crippen LogP contribution in [0.3, 0.4) is 0 Å². The third kappa shape index (κ3) is 8.64. The molecule has 13 heteroatoms. The van der Waals surface area contributed by atoms with Crippen LogP contribution in [0.5, 0.6) is 11.5 Å². The normalized spacial score (nSPS) is 13.9. The number of hydrogen-bond acceptors (Lipinski definition) is 9. The molecule has 10 rings (SSSR count). The molecule has 308 valence electrons. The van der Waals surface area contributed by atoms with Gasteiger partial charge in [0.2, 0.25) is 5.91 Å². The van der Waals surface area contributed by atoms with Gasteiger partial charge in [0, 0.05) is 64.8 Å². The van der Waals surface area contributed by atoms with Crippen LogP contribution < -0.4 is 26.3 Å². The molecule has 12 nitrogen and oxygen atoms in total. The number of nitrogens with zero attached hydrogens (tertiary/aromatic N) is 6. The van der Waals surface area contributed by atoms with Crippen molar-refractivity contribution >= 4 is 50.2 Å². The number of rotatable bonds is 11. The highest BCUT2D eigenvalue weighted by Gasteiger charge is 2.28. The average molecular weight is 877 g/mol. The molecular formula is C48H46BrN9O3. The van der Waals surface area contributed by atoms with Crippen molar-refractivity contribution in [3.63, 3.8) is 0 Å². The third-order valence-corrected chi connectivity index (χ3v) is 11.8. The van der Waals surface area contributed by atoms with Crippen LogP contribution >= 0.6 is 15.9 Å². The number of anilines is 3. The molecule has 2 aliphatic rings. The highest BCUT2D eigenvalue weighted by Crippen LogP contribution is 2.41. The Labute approximate surface area is 362 Å². The summed E-state index contributed by atoms with van der Waals surface area (Å²) in [6.45, 7) is 2.38. The summed E-state index contributed by atoms with van der Waals surface area (Å²) in [5.41, 5.74) is 20.7. The quantitative estimate of drug-likeness (QED) is 0.115. The van der Waals surface area contributed by atoms with Crippen LogP contribution in [0.4, 0.5) is 17.3 Å². The fourth-order valence-corrected chi connectivity index (χ4v) is 8.30. The molecule has 4 aromatic heterocycles. The molecule has 0 radical (unpaired) electrons. The summed E-state index contributed by atoms with van der Waals surface area (Å²) < 4.78 is 17.3. The van der Waals surface area contributed by atoms with E-state index in [1.165, 1.54) is 32.6 Å². The number of nitrogens with two attached hydrogens (primary N) is 2. The van der Waals surface area contributed by atoms with Gasteiger partial charge in [0.15, 0.2) is 0 Å². The van der Waals surface area contributed by atoms with Crippen molar-refractivity contribution < 1.29 is 14.3 Å². The Hall–Kier alpha value is -6.73. The second-order valence-corrected chi connectivity index (χ2v) is 16.5. The number of aromatic nitrogens is 6. The molecule has 5 N–H and O–H groups in total. The number of hydrogen-bond donors (Lipinski definition) is 3. The molecule has 0 bridgehead atoms. The van der Waals surface area contributed by atoms with E-state index in [0.29, 0.717) is 36.7 Å². The van der Waals surface area contributed by atoms with Gasteiger partial charge in [0.25, 0.3) is 0 Å². The lowest BCUT2D eigenvalue weighted by atomic mass is 9.85. The Kier molecular flexibility index (Phi) is 11.4. The molecule has 0 unspecified atom stereocenters. The molecule has 61 heavy (non-hydrogen) atoms. The van der Waals surface area contributed by atoms with E-state index in [9.17, 15) is 4.79 Å². The first-order valence-corrected chi connectivity index (χ1v) is 21.4. The summed E-state index contributed by atoms with van der Waals surface area (Å²) in [4.78, 5) is 29.9. The van der Waals surface area contributed by atoms with Crippen LogP contribution in [-0.4, -0.2) is 34.6 Å². The van der Waals surface area contributed by atoms with Crippen molar-refractivity contribution in [2.75, 3.05) is 16.8 Å². The highest BCUT2D eigenvalue weighted by molar-refractivity contribution is 9.10. The van der Waals surface area contributed by atoms with Crippen molar-refractivity contribution in [3.05, 3.63) is 149 Å². The molecule has 1 amide bonds. The first-order chi connectivity index (χ1) is 29.8. The second kappa shape index (κ2) is 17.5. The van der Waals surface area contributed by atoms with Crippen molar-refractivity contribution in [1.29, 1.82) is 0 Å². The number of benzene rings is 4. The monoisotopic (exact) mass is 875 g/mol. The smallest absolute Gasteiger partial charge is 0.221 e. The summed E-state index contributed by atoms with van der Waals surface area (Å²) in [6.07, 6.45) is 14.5. The Balaban J connectivity index is 0.000000157. The second-order valence-electron chi connectivity index (χ2n) is 15.6. The molecule has 0 atom stereocenters. The van der Waals surface area contributed by atoms with Crippen molar-refractivity contribution in [3.8, 4) is 34.0 Å². The molecule has 2 aliphatic carbocycles. The van der Waals surface area contributed by atoms with Gasteiger partial charge in [-0.1, -0.05) is 77.3 Å². The van der Waals surface area contributed by atoms with Crippen LogP contribution in [-0.2, 0) is 18.0 Å². The highest BCUT2D eigenvalue weighted by atomic mass is 79.9. The SMILES string of the molecule is CC(=O)Nc1cccc(COc2cccc(-c3nc(C4CCC4)n4ccnc(N)c34)c2)c1.Nc1nccn2c(C3CCC3)nc(-c3cccc(OCc4cccc(Br)c4)c3)c12. The number of ether oxygens (including phenoxy) is 2. The van der Waals surface area contributed by atoms with Gasteiger partial charge < -0.3 is 26.3 Å². The van der Waals surface area contributed by atoms with E-state index in [4.69, 9.17) is 30.9 Å². The van der Waals surface area contributed by atoms with Gasteiger partial charge in [-0.15, -0.1) is 0 Å². The first-order valence-electron chi connectivity index (χ1n) is 20.6. The lowest BCUT2D eigenvalue weighted by Gasteiger charge is -2.23. The minimum absolute atomic E-state index is 0.0990. The van der Waals surface area contributed by atoms with Gasteiger partial charge in [0.1, 0.15) is 70.4 Å². The van der Waals surface area contributed by atoms with E-state index in [0.717, 1.165) is 90.8 Å². The third-order valence-electron chi connectivity index (χ3n) is 11.3. The molecule has 4 heterocycles. The van der Waals surface area contributed by atoms with Crippen molar-refractivity contribution in [2.24, 2.45) is 0 Å². The zero-order valence-electron chi connectivity index (χ0n) is 33.8. The van der Waals surface area contributed by atoms with Gasteiger partial charge >= 0.3 is 0 Å². The van der Waals surface area contributed by atoms with Gasteiger partial charge in [-0.3, -0.25) is 13.6 Å². The maximum atomic E-state index is 11.3. The van der Waals surface area contributed by atoms with E-state index in [1.54, 1.807) is 12.4 Å². The standard InChI is InChI=1S/C25H25N5O2.C23H21BrN4O/c1-16(31)28-20-9-2-5-17(13-20)15-32-21-10-4-8-19(14-21)22-23-24(26)27-11-12-30(23)25(29-22)18-6-3-7-18;24-18-8-1-4-15(12-18)14-29-19-9-3-7-17(13-19)20-21-22(25)26-10-11-28(21)23(27-20)16-5-2-6-16/h2,4-5,8-14,18H,3,6-7,15H2,1H3,(H2,26,27)(H,28,31);1,3-4,7-13,16H,2,5-6,14H2,(H2,25,26). The van der Waals surface area contributed by atoms with Crippen molar-refractivity contribution in [2.45, 2.75) is 70.5 Å². The van der Waals surface area contributed by atoms with Gasteiger partial charge in [-0.05, 0) is 85.3 Å². The minimum Gasteiger partial charge on any atom is -0.489 e. The summed E-state index contributed by atoms with van der Waals surface area (Å²) in [5.74, 6) is 5.51. The van der Waals surface area contributed by atoms with Crippen LogP contribution in [0, 0.1) is 0 Å². The number of imidazole rings is 2. The summed E-state index contributed by atoms with van der Waals surface area (Å²) >= 11 is 3.50. The Bertz CT molecular complexity index is 2860. The van der Waals surface area contributed by atoms with E-state index in [1.807, 2.05) is 97.3 Å². The molecule has 0 aliphatic heterocycles. The zero-order chi connectivity index (χ0) is 41.9. The molecule has 2 saturated carbocycles. The molecule has 2 fully saturated rings. The Morgan fingerprint density at radius 2 is 1.18 bits per heavy atom. The maximum Gasteiger partial charge on any atom is 0.221 e. The van der Waals surface area contributed by atoms with E-state index >= 15 is 0 Å². The van der Waals surface area contributed by atoms with Crippen molar-refractivity contribution in [1.82, 2.24) is 28.7 Å². The van der Waals surface area contributed by atoms with Gasteiger partial charge in [0.05, 0.1) is 0 Å². The number of nitrogens with one attached hydrogen (secondary N) is 1. The number of amides is 1. The number of nitrogen functional groups attached to an aromatic ring is 2. The maximum absolute atomic E-state index is 11.3. The van der Waals surface area contributed by atoms with Gasteiger partial charge in [-0.25, -0.2) is 19.9 Å². The fraction of sp³-hybridized carbons (Fsp3) is 0.229. The minimum atomic E-state index is -0.0990. The van der Waals surface area contributed by atoms with Crippen LogP contribution in [0.25, 0.3) is 33.5 Å². The number of fused-ring (bicyclic) bond motifs is 2. The van der Waals surface area contributed by atoms with E-state index in [-0.39, 0.29) is 5.91 Å². The van der Waals surface area contributed by atoms with E-state index < -0.39 is 0 Å². The predicted octanol–water partition coefficient (Wildman–Crippen LogP) is 10.4. The van der Waals surface area contributed by atoms with Crippen LogP contribution in [0.15, 0.2) is 126 Å². The van der Waals surface area contributed by atoms with Crippen LogP contribution in [0.1, 0.15) is 80.1 Å². The molecule has 8 aromatic rings. The lowest BCUT2D eigenvalue weighted by Crippen LogP contribution is -2.12. The van der Waals surface area contributed by atoms with Crippen LogP contribution in [0.2, 0.25) is 0 Å². The number of halogens is 1. The zero-order valence-corrected chi connectivity index (χ0v) is 35.4. The lowest BCUT2D eigenvalue weighted by molar-refractivity contribution is -0.114. The summed E-state index contributed by atoms with van der Waals surface area (Å²) in [6, 6.07) is 31.7. The first kappa shape index (κ1) is 39.7. The number of carbonyl (C=O) groups excluding carboxylic acids is 1.